The fourth-order valence-corrected chi connectivity index (χ4v) is 0. The summed E-state index contributed by atoms with van der Waals surface area (Å²) in [6.07, 6.45) is 0. The van der Waals surface area contributed by atoms with Crippen LogP contribution in [0.1, 0.15) is 0 Å². The van der Waals surface area contributed by atoms with Gasteiger partial charge in [0.05, 0.1) is 8.41 Å². The number of hydrogen-bond donors (Lipinski definition) is 0. The van der Waals surface area contributed by atoms with Gasteiger partial charge in [0.25, 0.3) is 0 Å². The van der Waals surface area contributed by atoms with Crippen LogP contribution in [0.3, 0.4) is 0 Å². The van der Waals surface area contributed by atoms with E-state index in [1.54, 1.807) is 0 Å². The van der Waals surface area contributed by atoms with Gasteiger partial charge in [-0.2, -0.15) is 0 Å². The molecule has 0 spiro atoms. The van der Waals surface area contributed by atoms with E-state index in [9.17, 15) is 0 Å². The summed E-state index contributed by atoms with van der Waals surface area (Å²) in [6.45, 7) is 0. The van der Waals surface area contributed by atoms with Crippen molar-refractivity contribution in [2.45, 2.75) is 0 Å². The summed E-state index contributed by atoms with van der Waals surface area (Å²) >= 11 is 0. The average Bonchev–Trinajstić information content (AvgIpc) is 0. The van der Waals surface area contributed by atoms with Gasteiger partial charge in [0.2, 0.25) is 0 Å². The van der Waals surface area contributed by atoms with Crippen molar-refractivity contribution in [2.24, 2.45) is 0 Å². The monoisotopic (exact) mass is 198 g/mol. The number of hydrogen-bond acceptors (Lipinski definition) is 0. The molecule has 0 unspecified atom stereocenters. The van der Waals surface area contributed by atoms with E-state index in [-0.39, 0.29) is 91.6 Å². The molecule has 0 nitrogen and oxygen atoms in total. The summed E-state index contributed by atoms with van der Waals surface area (Å²) in [4.78, 5) is 0. The van der Waals surface area contributed by atoms with Crippen LogP contribution in [0.15, 0.2) is 0 Å². The van der Waals surface area contributed by atoms with Crippen LogP contribution in [0.2, 0.25) is 0 Å². The molecule has 0 aromatic carbocycles. The van der Waals surface area contributed by atoms with E-state index in [0.29, 0.717) is 0 Å². The SMILES string of the molecule is B.F.[BaH2].[NaH]. The second-order valence-corrected chi connectivity index (χ2v) is 0. The molecule has 4 heavy (non-hydrogen) atoms. The van der Waals surface area contributed by atoms with Crippen molar-refractivity contribution in [3.63, 3.8) is 0 Å². The van der Waals surface area contributed by atoms with E-state index in [2.05, 4.69) is 0 Å². The Morgan fingerprint density at radius 1 is 1.00 bits per heavy atom. The van der Waals surface area contributed by atoms with Gasteiger partial charge in [-0.05, 0) is 0 Å². The Morgan fingerprint density at radius 2 is 1.00 bits per heavy atom. The first-order valence-corrected chi connectivity index (χ1v) is 0. The fourth-order valence-electron chi connectivity index (χ4n) is 0. The molecular formula is H7BBaFNa. The number of rotatable bonds is 0. The molecule has 0 aliphatic rings. The topological polar surface area (TPSA) is 0 Å². The summed E-state index contributed by atoms with van der Waals surface area (Å²) in [5.74, 6) is 0. The Kier molecular flexibility index (Phi) is 136. The molecule has 0 saturated heterocycles. The van der Waals surface area contributed by atoms with Gasteiger partial charge in [0, 0.05) is 0 Å². The maximum atomic E-state index is 0. The fraction of sp³-hybridized carbons (Fsp3) is 0. The average molecular weight is 197 g/mol. The predicted octanol–water partition coefficient (Wildman–Crippen LogP) is -2.60. The first kappa shape index (κ1) is 30.9. The van der Waals surface area contributed by atoms with Gasteiger partial charge in [-0.3, -0.25) is 4.70 Å². The molecule has 0 bridgehead atoms. The molecule has 0 N–H and O–H groups in total. The second kappa shape index (κ2) is 17.6. The van der Waals surface area contributed by atoms with Crippen LogP contribution in [0.25, 0.3) is 0 Å². The zero-order valence-corrected chi connectivity index (χ0v) is 0.408. The molecular weight excluding hydrogens is 190 g/mol. The van der Waals surface area contributed by atoms with E-state index >= 15 is 0 Å². The molecule has 0 atom stereocenters. The molecule has 0 aliphatic carbocycles. The maximum absolute atomic E-state index is 0. The standard InChI is InChI=1S/BH3.Ba.FH.Na.3H/h1H3;;1H;;;;. The van der Waals surface area contributed by atoms with Crippen molar-refractivity contribution < 1.29 is 4.70 Å². The normalized spacial score (nSPS) is 0. The van der Waals surface area contributed by atoms with Crippen molar-refractivity contribution in [3.05, 3.63) is 0 Å². The van der Waals surface area contributed by atoms with Gasteiger partial charge in [-0.1, -0.05) is 0 Å². The van der Waals surface area contributed by atoms with Crippen LogP contribution in [-0.4, -0.2) is 86.9 Å². The van der Waals surface area contributed by atoms with Crippen molar-refractivity contribution in [2.75, 3.05) is 0 Å². The van der Waals surface area contributed by atoms with E-state index < -0.39 is 0 Å². The van der Waals surface area contributed by atoms with Crippen LogP contribution in [0.4, 0.5) is 4.70 Å². The molecule has 0 rings (SSSR count). The third-order valence-electron chi connectivity index (χ3n) is 0. The number of halogens is 1. The molecule has 0 aromatic rings. The molecule has 0 fully saturated rings. The van der Waals surface area contributed by atoms with E-state index in [1.807, 2.05) is 0 Å². The van der Waals surface area contributed by atoms with Crippen LogP contribution < -0.4 is 0 Å². The Bertz CT molecular complexity index is 8.00. The Hall–Kier alpha value is 2.57. The zero-order chi connectivity index (χ0) is 0. The van der Waals surface area contributed by atoms with Gasteiger partial charge in [-0.25, -0.2) is 0 Å². The summed E-state index contributed by atoms with van der Waals surface area (Å²) in [7, 11) is 0. The molecule has 20 valence electrons. The van der Waals surface area contributed by atoms with Gasteiger partial charge in [0.1, 0.15) is 0 Å². The van der Waals surface area contributed by atoms with Gasteiger partial charge in [0.15, 0.2) is 0 Å². The first-order chi connectivity index (χ1) is 0. The predicted molar refractivity (Wildman–Crippen MR) is 28.1 cm³/mol. The van der Waals surface area contributed by atoms with E-state index in [0.717, 1.165) is 0 Å². The molecule has 0 saturated carbocycles. The van der Waals surface area contributed by atoms with Crippen LogP contribution in [0, 0.1) is 0 Å². The van der Waals surface area contributed by atoms with Gasteiger partial charge >= 0.3 is 78.4 Å². The molecule has 0 amide bonds. The molecule has 0 aromatic heterocycles. The first-order valence-electron chi connectivity index (χ1n) is 0. The summed E-state index contributed by atoms with van der Waals surface area (Å²) in [5, 5.41) is 0. The summed E-state index contributed by atoms with van der Waals surface area (Å²) < 4.78 is 0. The third kappa shape index (κ3) is 8.82. The minimum atomic E-state index is 0. The van der Waals surface area contributed by atoms with Crippen LogP contribution >= 0.6 is 0 Å². The summed E-state index contributed by atoms with van der Waals surface area (Å²) in [6, 6.07) is 0. The Balaban J connectivity index is 0. The molecule has 0 aliphatic heterocycles. The third-order valence-corrected chi connectivity index (χ3v) is 0. The molecule has 0 radical (unpaired) electrons. The Labute approximate surface area is 89.4 Å². The minimum absolute atomic E-state index is 0. The van der Waals surface area contributed by atoms with Crippen molar-refractivity contribution >= 4 is 86.9 Å². The van der Waals surface area contributed by atoms with Crippen molar-refractivity contribution in [3.8, 4) is 0 Å². The van der Waals surface area contributed by atoms with Crippen molar-refractivity contribution in [1.29, 1.82) is 0 Å². The second-order valence-electron chi connectivity index (χ2n) is 0. The van der Waals surface area contributed by atoms with Crippen LogP contribution in [0.5, 0.6) is 0 Å². The summed E-state index contributed by atoms with van der Waals surface area (Å²) in [5.41, 5.74) is 0. The van der Waals surface area contributed by atoms with Crippen molar-refractivity contribution in [1.82, 2.24) is 0 Å². The van der Waals surface area contributed by atoms with Gasteiger partial charge in [-0.15, -0.1) is 0 Å². The zero-order valence-electron chi connectivity index (χ0n) is 0.408. The Morgan fingerprint density at radius 3 is 1.00 bits per heavy atom. The quantitative estimate of drug-likeness (QED) is 0.374. The molecule has 4 heteroatoms. The van der Waals surface area contributed by atoms with Gasteiger partial charge < -0.3 is 0 Å². The van der Waals surface area contributed by atoms with E-state index in [4.69, 9.17) is 0 Å². The van der Waals surface area contributed by atoms with Crippen LogP contribution in [-0.2, 0) is 0 Å². The van der Waals surface area contributed by atoms with E-state index in [1.165, 1.54) is 0 Å². The molecule has 0 heterocycles.